The highest BCUT2D eigenvalue weighted by molar-refractivity contribution is 7.07. The van der Waals surface area contributed by atoms with Crippen LogP contribution in [0.3, 0.4) is 0 Å². The summed E-state index contributed by atoms with van der Waals surface area (Å²) < 4.78 is 18.5. The zero-order valence-corrected chi connectivity index (χ0v) is 23.0. The molecule has 3 aromatic rings. The van der Waals surface area contributed by atoms with Gasteiger partial charge in [-0.3, -0.25) is 9.36 Å². The Morgan fingerprint density at radius 2 is 1.89 bits per heavy atom. The summed E-state index contributed by atoms with van der Waals surface area (Å²) in [5.74, 6) is 0.336. The third kappa shape index (κ3) is 5.48. The second-order valence-electron chi connectivity index (χ2n) is 8.14. The van der Waals surface area contributed by atoms with Crippen molar-refractivity contribution in [2.75, 3.05) is 20.3 Å². The number of aromatic nitrogens is 1. The lowest BCUT2D eigenvalue weighted by molar-refractivity contribution is -0.138. The molecule has 1 unspecified atom stereocenters. The van der Waals surface area contributed by atoms with Crippen molar-refractivity contribution in [3.05, 3.63) is 114 Å². The van der Waals surface area contributed by atoms with Gasteiger partial charge in [-0.25, -0.2) is 9.79 Å². The molecule has 1 aliphatic rings. The predicted octanol–water partition coefficient (Wildman–Crippen LogP) is 4.84. The molecule has 1 atom stereocenters. The highest BCUT2D eigenvalue weighted by Gasteiger charge is 2.34. The Morgan fingerprint density at radius 1 is 1.13 bits per heavy atom. The number of hydrogen-bond donors (Lipinski definition) is 0. The fourth-order valence-electron chi connectivity index (χ4n) is 3.99. The number of esters is 1. The van der Waals surface area contributed by atoms with E-state index >= 15 is 0 Å². The van der Waals surface area contributed by atoms with E-state index in [1.807, 2.05) is 0 Å². The van der Waals surface area contributed by atoms with Crippen LogP contribution in [-0.4, -0.2) is 30.9 Å². The number of hydrogen-bond acceptors (Lipinski definition) is 7. The Labute approximate surface area is 233 Å². The summed E-state index contributed by atoms with van der Waals surface area (Å²) >= 11 is 13.6. The lowest BCUT2D eigenvalue weighted by Crippen LogP contribution is -2.40. The number of carbonyl (C=O) groups excluding carboxylic acids is 1. The molecule has 0 spiro atoms. The molecule has 0 radical (unpaired) electrons. The summed E-state index contributed by atoms with van der Waals surface area (Å²) in [6.07, 6.45) is 4.78. The summed E-state index contributed by atoms with van der Waals surface area (Å²) in [5, 5.41) is 0.894. The number of thiazole rings is 1. The maximum atomic E-state index is 13.8. The van der Waals surface area contributed by atoms with Crippen LogP contribution in [0.2, 0.25) is 10.0 Å². The molecule has 38 heavy (non-hydrogen) atoms. The minimum absolute atomic E-state index is 0.0134. The van der Waals surface area contributed by atoms with E-state index in [0.29, 0.717) is 47.7 Å². The molecule has 2 heterocycles. The van der Waals surface area contributed by atoms with Crippen molar-refractivity contribution in [3.63, 3.8) is 0 Å². The Bertz CT molecular complexity index is 1640. The highest BCUT2D eigenvalue weighted by Crippen LogP contribution is 2.36. The van der Waals surface area contributed by atoms with Crippen LogP contribution in [0.25, 0.3) is 6.08 Å². The van der Waals surface area contributed by atoms with Gasteiger partial charge in [0, 0.05) is 10.0 Å². The van der Waals surface area contributed by atoms with E-state index in [-0.39, 0.29) is 24.3 Å². The lowest BCUT2D eigenvalue weighted by atomic mass is 9.95. The predicted molar refractivity (Wildman–Crippen MR) is 150 cm³/mol. The van der Waals surface area contributed by atoms with E-state index in [9.17, 15) is 9.59 Å². The van der Waals surface area contributed by atoms with Crippen molar-refractivity contribution in [3.8, 4) is 11.5 Å². The molecule has 0 bridgehead atoms. The normalized spacial score (nSPS) is 14.9. The van der Waals surface area contributed by atoms with Crippen LogP contribution < -0.4 is 24.4 Å². The molecule has 0 amide bonds. The molecule has 0 saturated heterocycles. The second kappa shape index (κ2) is 11.9. The van der Waals surface area contributed by atoms with Crippen molar-refractivity contribution < 1.29 is 19.0 Å². The van der Waals surface area contributed by atoms with Crippen LogP contribution in [0, 0.1) is 0 Å². The summed E-state index contributed by atoms with van der Waals surface area (Å²) in [7, 11) is 1.52. The van der Waals surface area contributed by atoms with Crippen molar-refractivity contribution in [2.45, 2.75) is 13.0 Å². The van der Waals surface area contributed by atoms with E-state index in [2.05, 4.69) is 18.2 Å². The first-order chi connectivity index (χ1) is 18.3. The van der Waals surface area contributed by atoms with Gasteiger partial charge in [0.25, 0.3) is 5.56 Å². The minimum atomic E-state index is -0.825. The molecule has 7 nitrogen and oxygen atoms in total. The smallest absolute Gasteiger partial charge is 0.338 e. The summed E-state index contributed by atoms with van der Waals surface area (Å²) in [6.45, 7) is 9.28. The summed E-state index contributed by atoms with van der Waals surface area (Å²) in [5.41, 5.74) is 1.58. The molecule has 0 fully saturated rings. The second-order valence-corrected chi connectivity index (χ2v) is 10.00. The Balaban J connectivity index is 1.94. The van der Waals surface area contributed by atoms with Gasteiger partial charge >= 0.3 is 5.97 Å². The van der Waals surface area contributed by atoms with Gasteiger partial charge in [-0.05, 0) is 48.4 Å². The minimum Gasteiger partial charge on any atom is -0.493 e. The first-order valence-corrected chi connectivity index (χ1v) is 13.0. The first kappa shape index (κ1) is 27.4. The van der Waals surface area contributed by atoms with Gasteiger partial charge in [0.15, 0.2) is 16.3 Å². The number of fused-ring (bicyclic) bond motifs is 1. The molecule has 0 aliphatic carbocycles. The van der Waals surface area contributed by atoms with Crippen LogP contribution in [0.4, 0.5) is 0 Å². The SMILES string of the molecule is C=CCOC(=O)C1=C(C)N=c2sc(=Cc3ccc(Cl)cc3Cl)c(=O)n2C1c1ccc(OCC=C)c(OC)c1. The average molecular weight is 571 g/mol. The summed E-state index contributed by atoms with van der Waals surface area (Å²) in [6, 6.07) is 9.44. The van der Waals surface area contributed by atoms with Gasteiger partial charge in [-0.1, -0.05) is 72.0 Å². The number of methoxy groups -OCH3 is 1. The van der Waals surface area contributed by atoms with Crippen molar-refractivity contribution in [2.24, 2.45) is 4.99 Å². The number of allylic oxidation sites excluding steroid dienone is 1. The molecule has 196 valence electrons. The highest BCUT2D eigenvalue weighted by atomic mass is 35.5. The van der Waals surface area contributed by atoms with Crippen molar-refractivity contribution in [1.82, 2.24) is 4.57 Å². The molecule has 0 N–H and O–H groups in total. The average Bonchev–Trinajstić information content (AvgIpc) is 3.20. The Hall–Kier alpha value is -3.59. The largest absolute Gasteiger partial charge is 0.493 e. The third-order valence-corrected chi connectivity index (χ3v) is 7.23. The van der Waals surface area contributed by atoms with E-state index in [1.54, 1.807) is 55.5 Å². The number of carbonyl (C=O) groups is 1. The molecular formula is C28H24Cl2N2O5S. The van der Waals surface area contributed by atoms with Crippen molar-refractivity contribution in [1.29, 1.82) is 0 Å². The molecule has 1 aromatic heterocycles. The van der Waals surface area contributed by atoms with Crippen molar-refractivity contribution >= 4 is 46.6 Å². The maximum absolute atomic E-state index is 13.8. The van der Waals surface area contributed by atoms with Gasteiger partial charge in [0.1, 0.15) is 13.2 Å². The Kier molecular flexibility index (Phi) is 8.56. The van der Waals surface area contributed by atoms with Gasteiger partial charge in [0.2, 0.25) is 0 Å². The van der Waals surface area contributed by atoms with E-state index in [1.165, 1.54) is 29.1 Å². The monoisotopic (exact) mass is 570 g/mol. The summed E-state index contributed by atoms with van der Waals surface area (Å²) in [4.78, 5) is 32.0. The zero-order chi connectivity index (χ0) is 27.4. The maximum Gasteiger partial charge on any atom is 0.338 e. The zero-order valence-electron chi connectivity index (χ0n) is 20.7. The quantitative estimate of drug-likeness (QED) is 0.271. The molecule has 10 heteroatoms. The fraction of sp³-hybridized carbons (Fsp3) is 0.179. The van der Waals surface area contributed by atoms with Crippen LogP contribution in [0.15, 0.2) is 82.8 Å². The number of benzene rings is 2. The van der Waals surface area contributed by atoms with Crippen LogP contribution in [0.5, 0.6) is 11.5 Å². The molecule has 4 rings (SSSR count). The van der Waals surface area contributed by atoms with Gasteiger partial charge in [-0.2, -0.15) is 0 Å². The third-order valence-electron chi connectivity index (χ3n) is 5.68. The topological polar surface area (TPSA) is 79.1 Å². The van der Waals surface area contributed by atoms with E-state index < -0.39 is 12.0 Å². The molecule has 1 aliphatic heterocycles. The molecule has 2 aromatic carbocycles. The van der Waals surface area contributed by atoms with E-state index in [4.69, 9.17) is 37.4 Å². The molecular weight excluding hydrogens is 547 g/mol. The number of rotatable bonds is 9. The molecule has 0 saturated carbocycles. The van der Waals surface area contributed by atoms with Gasteiger partial charge in [0.05, 0.1) is 29.0 Å². The van der Waals surface area contributed by atoms with Gasteiger partial charge < -0.3 is 14.2 Å². The van der Waals surface area contributed by atoms with Crippen LogP contribution >= 0.6 is 34.5 Å². The number of halogens is 2. The fourth-order valence-corrected chi connectivity index (χ4v) is 5.49. The van der Waals surface area contributed by atoms with Gasteiger partial charge in [-0.15, -0.1) is 0 Å². The Morgan fingerprint density at radius 3 is 2.58 bits per heavy atom. The number of ether oxygens (including phenoxy) is 3. The number of nitrogens with zero attached hydrogens (tertiary/aromatic N) is 2. The van der Waals surface area contributed by atoms with Crippen LogP contribution in [-0.2, 0) is 9.53 Å². The van der Waals surface area contributed by atoms with E-state index in [0.717, 1.165) is 0 Å². The standard InChI is InChI=1S/C28H24Cl2N2O5S/c1-5-11-36-21-10-8-18(13-22(21)35-4)25-24(27(34)37-12-6-2)16(3)31-28-32(25)26(33)23(38-28)14-17-7-9-19(29)15-20(17)30/h5-10,13-15,25H,1-2,11-12H2,3-4H3. The lowest BCUT2D eigenvalue weighted by Gasteiger charge is -2.25. The van der Waals surface area contributed by atoms with Crippen LogP contribution in [0.1, 0.15) is 24.1 Å². The first-order valence-electron chi connectivity index (χ1n) is 11.5.